The summed E-state index contributed by atoms with van der Waals surface area (Å²) in [6.07, 6.45) is 46.6. The van der Waals surface area contributed by atoms with Crippen molar-refractivity contribution in [3.8, 4) is 0 Å². The van der Waals surface area contributed by atoms with Gasteiger partial charge in [0, 0.05) is 18.2 Å². The highest BCUT2D eigenvalue weighted by Crippen LogP contribution is 2.17. The van der Waals surface area contributed by atoms with Crippen molar-refractivity contribution in [3.63, 3.8) is 0 Å². The van der Waals surface area contributed by atoms with Crippen LogP contribution in [0, 0.1) is 0 Å². The molecule has 0 atom stereocenters. The van der Waals surface area contributed by atoms with Gasteiger partial charge in [-0.15, -0.1) is 4.58 Å². The number of hydrogen-bond donors (Lipinski definition) is 1. The molecule has 0 rings (SSSR count). The number of carbonyl (C=O) groups is 1. The first-order valence-corrected chi connectivity index (χ1v) is 18.7. The fraction of sp³-hybridized carbons (Fsp3) is 0.972. The van der Waals surface area contributed by atoms with Crippen LogP contribution in [-0.4, -0.2) is 15.7 Å². The van der Waals surface area contributed by atoms with Gasteiger partial charge in [0.05, 0.1) is 0 Å². The van der Waals surface area contributed by atoms with Crippen molar-refractivity contribution in [2.75, 3.05) is 0 Å². The van der Waals surface area contributed by atoms with Gasteiger partial charge in [0.1, 0.15) is 0 Å². The van der Waals surface area contributed by atoms with Gasteiger partial charge in [-0.1, -0.05) is 212 Å². The van der Waals surface area contributed by atoms with Crippen LogP contribution in [0.5, 0.6) is 0 Å². The maximum atomic E-state index is 11.2. The Morgan fingerprint density at radius 1 is 0.400 bits per heavy atom. The summed E-state index contributed by atoms with van der Waals surface area (Å²) in [6.45, 7) is 2.30. The smallest absolute Gasteiger partial charge is 0.261 e. The topological polar surface area (TPSA) is 40.5 Å². The average molecular weight is 586 g/mol. The van der Waals surface area contributed by atoms with Gasteiger partial charge in [-0.3, -0.25) is 10.0 Å². The van der Waals surface area contributed by atoms with Crippen LogP contribution < -0.4 is 0 Å². The Morgan fingerprint density at radius 2 is 0.575 bits per heavy atom. The van der Waals surface area contributed by atoms with E-state index in [-0.39, 0.29) is 4.58 Å². The molecule has 0 aromatic carbocycles. The van der Waals surface area contributed by atoms with Gasteiger partial charge in [0.15, 0.2) is 0 Å². The van der Waals surface area contributed by atoms with Crippen molar-refractivity contribution in [2.24, 2.45) is 0 Å². The van der Waals surface area contributed by atoms with Gasteiger partial charge in [0.2, 0.25) is 0 Å². The normalized spacial score (nSPS) is 11.4. The Bertz CT molecular complexity index is 485. The first kappa shape index (κ1) is 39.7. The number of hydrogen-bond acceptors (Lipinski definition) is 2. The molecular weight excluding hydrogens is 514 g/mol. The molecule has 0 aliphatic rings. The molecule has 4 heteroatoms. The van der Waals surface area contributed by atoms with E-state index >= 15 is 0 Å². The molecule has 0 aliphatic carbocycles. The van der Waals surface area contributed by atoms with Gasteiger partial charge in [-0.2, -0.15) is 0 Å². The highest BCUT2D eigenvalue weighted by Gasteiger charge is 2.06. The molecule has 0 aromatic rings. The van der Waals surface area contributed by atoms with Crippen molar-refractivity contribution in [1.29, 1.82) is 0 Å². The molecular formula is C36H72ClNO2. The second-order valence-electron chi connectivity index (χ2n) is 12.7. The summed E-state index contributed by atoms with van der Waals surface area (Å²) in [7, 11) is 0. The van der Waals surface area contributed by atoms with Crippen molar-refractivity contribution < 1.29 is 10.0 Å². The minimum Gasteiger partial charge on any atom is -0.271 e. The summed E-state index contributed by atoms with van der Waals surface area (Å²) in [6, 6.07) is 0. The average Bonchev–Trinajstić information content (AvgIpc) is 2.95. The van der Waals surface area contributed by atoms with E-state index in [1.165, 1.54) is 199 Å². The van der Waals surface area contributed by atoms with Crippen LogP contribution in [0.1, 0.15) is 225 Å². The fourth-order valence-electron chi connectivity index (χ4n) is 5.92. The molecule has 0 saturated heterocycles. The zero-order valence-electron chi connectivity index (χ0n) is 27.2. The standard InChI is InChI=1S/C36H72ClNO2/c1-2-3-4-5-6-7-8-9-10-11-12-13-14-15-16-17-18-19-20-21-22-23-24-25-26-27-28-29-30-31-32-33-34-35-36(39)38(37)40/h40H,2-35H2,1H3. The molecule has 0 saturated carbocycles. The van der Waals surface area contributed by atoms with Crippen LogP contribution >= 0.6 is 11.8 Å². The van der Waals surface area contributed by atoms with Crippen LogP contribution in [-0.2, 0) is 4.79 Å². The van der Waals surface area contributed by atoms with Crippen molar-refractivity contribution in [3.05, 3.63) is 0 Å². The van der Waals surface area contributed by atoms with Gasteiger partial charge in [-0.25, -0.2) is 0 Å². The van der Waals surface area contributed by atoms with Gasteiger partial charge < -0.3 is 0 Å². The van der Waals surface area contributed by atoms with E-state index in [4.69, 9.17) is 17.0 Å². The molecule has 40 heavy (non-hydrogen) atoms. The SMILES string of the molecule is CCCCCCCCCCCCCCCCCCCCCCCCCCCCCCCCCCCC(=O)N(O)Cl. The number of nitrogens with zero attached hydrogens (tertiary/aromatic N) is 1. The van der Waals surface area contributed by atoms with Gasteiger partial charge in [-0.05, 0) is 6.42 Å². The predicted octanol–water partition coefficient (Wildman–Crippen LogP) is 13.6. The molecule has 0 bridgehead atoms. The van der Waals surface area contributed by atoms with E-state index in [1.807, 2.05) is 0 Å². The largest absolute Gasteiger partial charge is 0.271 e. The third-order valence-corrected chi connectivity index (χ3v) is 8.89. The van der Waals surface area contributed by atoms with E-state index in [2.05, 4.69) is 6.92 Å². The predicted molar refractivity (Wildman–Crippen MR) is 177 cm³/mol. The van der Waals surface area contributed by atoms with E-state index in [0.717, 1.165) is 12.8 Å². The summed E-state index contributed by atoms with van der Waals surface area (Å²) in [4.78, 5) is 11.2. The van der Waals surface area contributed by atoms with Crippen LogP contribution in [0.3, 0.4) is 0 Å². The van der Waals surface area contributed by atoms with E-state index in [1.54, 1.807) is 0 Å². The second-order valence-corrected chi connectivity index (χ2v) is 13.0. The quantitative estimate of drug-likeness (QED) is 0.0353. The molecule has 240 valence electrons. The Balaban J connectivity index is 3.05. The Kier molecular flexibility index (Phi) is 34.7. The lowest BCUT2D eigenvalue weighted by Crippen LogP contribution is -2.16. The molecule has 0 aromatic heterocycles. The highest BCUT2D eigenvalue weighted by molar-refractivity contribution is 6.19. The molecule has 0 heterocycles. The summed E-state index contributed by atoms with van der Waals surface area (Å²) in [5.41, 5.74) is 0. The Labute approximate surface area is 257 Å². The number of hydroxylamine groups is 1. The molecule has 0 spiro atoms. The third kappa shape index (κ3) is 33.9. The molecule has 1 amide bonds. The number of amides is 1. The molecule has 1 N–H and O–H groups in total. The summed E-state index contributed by atoms with van der Waals surface area (Å²) in [5, 5.41) is 8.79. The molecule has 0 radical (unpaired) electrons. The molecule has 3 nitrogen and oxygen atoms in total. The summed E-state index contributed by atoms with van der Waals surface area (Å²) in [5.74, 6) is -0.401. The minimum atomic E-state index is -0.401. The molecule has 0 unspecified atom stereocenters. The van der Waals surface area contributed by atoms with Crippen LogP contribution in [0.4, 0.5) is 0 Å². The maximum Gasteiger partial charge on any atom is 0.261 e. The lowest BCUT2D eigenvalue weighted by Gasteiger charge is -2.05. The molecule has 0 aliphatic heterocycles. The van der Waals surface area contributed by atoms with Gasteiger partial charge in [0.25, 0.3) is 5.91 Å². The number of rotatable bonds is 34. The Morgan fingerprint density at radius 3 is 0.750 bits per heavy atom. The maximum absolute atomic E-state index is 11.2. The van der Waals surface area contributed by atoms with E-state index in [0.29, 0.717) is 6.42 Å². The molecule has 0 fully saturated rings. The first-order valence-electron chi connectivity index (χ1n) is 18.4. The zero-order chi connectivity index (χ0) is 29.2. The monoisotopic (exact) mass is 586 g/mol. The zero-order valence-corrected chi connectivity index (χ0v) is 28.0. The lowest BCUT2D eigenvalue weighted by atomic mass is 10.0. The summed E-state index contributed by atoms with van der Waals surface area (Å²) < 4.78 is 0.184. The van der Waals surface area contributed by atoms with Gasteiger partial charge >= 0.3 is 0 Å². The van der Waals surface area contributed by atoms with E-state index in [9.17, 15) is 4.79 Å². The number of unbranched alkanes of at least 4 members (excludes halogenated alkanes) is 32. The second kappa shape index (κ2) is 34.9. The van der Waals surface area contributed by atoms with Crippen LogP contribution in [0.2, 0.25) is 0 Å². The van der Waals surface area contributed by atoms with Crippen LogP contribution in [0.15, 0.2) is 0 Å². The minimum absolute atomic E-state index is 0.184. The van der Waals surface area contributed by atoms with Crippen molar-refractivity contribution in [2.45, 2.75) is 225 Å². The fourth-order valence-corrected chi connectivity index (χ4v) is 6.01. The van der Waals surface area contributed by atoms with Crippen LogP contribution in [0.25, 0.3) is 0 Å². The van der Waals surface area contributed by atoms with E-state index < -0.39 is 5.91 Å². The Hall–Kier alpha value is -0.280. The summed E-state index contributed by atoms with van der Waals surface area (Å²) >= 11 is 5.19. The third-order valence-electron chi connectivity index (χ3n) is 8.70. The van der Waals surface area contributed by atoms with Crippen molar-refractivity contribution in [1.82, 2.24) is 4.58 Å². The first-order chi connectivity index (χ1) is 19.7. The highest BCUT2D eigenvalue weighted by atomic mass is 35.5. The number of carbonyl (C=O) groups excluding carboxylic acids is 1. The number of halogens is 1. The lowest BCUT2D eigenvalue weighted by molar-refractivity contribution is -0.146. The van der Waals surface area contributed by atoms with Crippen molar-refractivity contribution >= 4 is 17.7 Å².